The van der Waals surface area contributed by atoms with Crippen LogP contribution in [0.4, 0.5) is 0 Å². The van der Waals surface area contributed by atoms with Gasteiger partial charge in [0, 0.05) is 17.5 Å². The summed E-state index contributed by atoms with van der Waals surface area (Å²) in [6.45, 7) is 3.74. The number of carboxylic acid groups (broad SMARTS) is 1. The molecule has 0 saturated carbocycles. The molecule has 1 fully saturated rings. The maximum Gasteiger partial charge on any atom is 0.307 e. The maximum atomic E-state index is 10.8. The molecule has 1 aliphatic heterocycles. The molecule has 2 unspecified atom stereocenters. The van der Waals surface area contributed by atoms with Crippen molar-refractivity contribution in [2.75, 3.05) is 13.1 Å². The Bertz CT molecular complexity index is 336. The van der Waals surface area contributed by atoms with Crippen molar-refractivity contribution in [3.8, 4) is 0 Å². The lowest BCUT2D eigenvalue weighted by atomic mass is 10.1. The lowest BCUT2D eigenvalue weighted by Gasteiger charge is -2.22. The fraction of sp³-hybridized carbons (Fsp3) is 0.545. The van der Waals surface area contributed by atoms with Crippen molar-refractivity contribution in [1.82, 2.24) is 4.90 Å². The van der Waals surface area contributed by atoms with Gasteiger partial charge in [-0.2, -0.15) is 0 Å². The number of hydrogen-bond acceptors (Lipinski definition) is 3. The average Bonchev–Trinajstić information content (AvgIpc) is 2.88. The summed E-state index contributed by atoms with van der Waals surface area (Å²) in [5.41, 5.74) is 0. The summed E-state index contributed by atoms with van der Waals surface area (Å²) in [6.07, 6.45) is 0.783. The first kappa shape index (κ1) is 10.6. The minimum atomic E-state index is -0.657. The van der Waals surface area contributed by atoms with Crippen LogP contribution in [0.25, 0.3) is 0 Å². The Morgan fingerprint density at radius 3 is 3.07 bits per heavy atom. The zero-order valence-electron chi connectivity index (χ0n) is 8.72. The van der Waals surface area contributed by atoms with E-state index in [1.165, 1.54) is 4.88 Å². The topological polar surface area (TPSA) is 40.5 Å². The van der Waals surface area contributed by atoms with Gasteiger partial charge in [-0.1, -0.05) is 6.07 Å². The molecule has 4 heteroatoms. The second kappa shape index (κ2) is 4.33. The molecule has 15 heavy (non-hydrogen) atoms. The summed E-state index contributed by atoms with van der Waals surface area (Å²) >= 11 is 1.74. The molecule has 2 rings (SSSR count). The molecule has 0 amide bonds. The average molecular weight is 225 g/mol. The van der Waals surface area contributed by atoms with E-state index in [4.69, 9.17) is 5.11 Å². The molecule has 2 heterocycles. The Morgan fingerprint density at radius 2 is 2.53 bits per heavy atom. The minimum Gasteiger partial charge on any atom is -0.481 e. The van der Waals surface area contributed by atoms with Crippen LogP contribution in [0.3, 0.4) is 0 Å². The molecule has 0 aliphatic carbocycles. The van der Waals surface area contributed by atoms with Gasteiger partial charge in [0.1, 0.15) is 0 Å². The Labute approximate surface area is 93.3 Å². The van der Waals surface area contributed by atoms with Crippen LogP contribution in [0.1, 0.15) is 24.3 Å². The van der Waals surface area contributed by atoms with E-state index in [-0.39, 0.29) is 5.92 Å². The van der Waals surface area contributed by atoms with Gasteiger partial charge in [0.2, 0.25) is 0 Å². The van der Waals surface area contributed by atoms with Crippen molar-refractivity contribution in [2.45, 2.75) is 19.4 Å². The van der Waals surface area contributed by atoms with Gasteiger partial charge >= 0.3 is 5.97 Å². The smallest absolute Gasteiger partial charge is 0.307 e. The van der Waals surface area contributed by atoms with E-state index in [2.05, 4.69) is 23.3 Å². The number of thiophene rings is 1. The first-order chi connectivity index (χ1) is 7.18. The SMILES string of the molecule is CC(c1cccs1)N1CCC(C(=O)O)C1. The van der Waals surface area contributed by atoms with E-state index in [1.807, 2.05) is 6.07 Å². The van der Waals surface area contributed by atoms with Crippen LogP contribution in [-0.2, 0) is 4.79 Å². The second-order valence-electron chi connectivity index (χ2n) is 4.01. The van der Waals surface area contributed by atoms with Gasteiger partial charge in [0.15, 0.2) is 0 Å². The number of hydrogen-bond donors (Lipinski definition) is 1. The van der Waals surface area contributed by atoms with Crippen LogP contribution in [0.5, 0.6) is 0 Å². The second-order valence-corrected chi connectivity index (χ2v) is 4.99. The summed E-state index contributed by atoms with van der Waals surface area (Å²) in [6, 6.07) is 4.51. The first-order valence-electron chi connectivity index (χ1n) is 5.18. The summed E-state index contributed by atoms with van der Waals surface area (Å²) in [7, 11) is 0. The number of carbonyl (C=O) groups is 1. The third-order valence-electron chi connectivity index (χ3n) is 3.07. The van der Waals surface area contributed by atoms with Gasteiger partial charge in [0.25, 0.3) is 0 Å². The predicted molar refractivity (Wildman–Crippen MR) is 60.0 cm³/mol. The van der Waals surface area contributed by atoms with Crippen LogP contribution in [0.2, 0.25) is 0 Å². The molecule has 0 bridgehead atoms. The van der Waals surface area contributed by atoms with Gasteiger partial charge < -0.3 is 5.11 Å². The van der Waals surface area contributed by atoms with Crippen molar-refractivity contribution in [3.05, 3.63) is 22.4 Å². The van der Waals surface area contributed by atoms with Crippen LogP contribution >= 0.6 is 11.3 Å². The van der Waals surface area contributed by atoms with Crippen molar-refractivity contribution in [2.24, 2.45) is 5.92 Å². The van der Waals surface area contributed by atoms with E-state index >= 15 is 0 Å². The number of carboxylic acids is 1. The maximum absolute atomic E-state index is 10.8. The summed E-state index contributed by atoms with van der Waals surface area (Å²) in [5, 5.41) is 11.0. The Balaban J connectivity index is 1.99. The minimum absolute atomic E-state index is 0.174. The normalized spacial score (nSPS) is 24.2. The summed E-state index contributed by atoms with van der Waals surface area (Å²) in [5.74, 6) is -0.830. The molecule has 1 aliphatic rings. The molecule has 2 atom stereocenters. The van der Waals surface area contributed by atoms with Gasteiger partial charge in [0.05, 0.1) is 5.92 Å². The van der Waals surface area contributed by atoms with Crippen LogP contribution in [0, 0.1) is 5.92 Å². The Morgan fingerprint density at radius 1 is 1.73 bits per heavy atom. The fourth-order valence-corrected chi connectivity index (χ4v) is 2.87. The van der Waals surface area contributed by atoms with E-state index in [9.17, 15) is 4.79 Å². The van der Waals surface area contributed by atoms with Crippen molar-refractivity contribution in [1.29, 1.82) is 0 Å². The zero-order valence-corrected chi connectivity index (χ0v) is 9.54. The van der Waals surface area contributed by atoms with Crippen LogP contribution < -0.4 is 0 Å². The highest BCUT2D eigenvalue weighted by molar-refractivity contribution is 7.10. The number of aliphatic carboxylic acids is 1. The molecule has 1 N–H and O–H groups in total. The summed E-state index contributed by atoms with van der Waals surface area (Å²) in [4.78, 5) is 14.4. The standard InChI is InChI=1S/C11H15NO2S/c1-8(10-3-2-6-15-10)12-5-4-9(7-12)11(13)14/h2-3,6,8-9H,4-5,7H2,1H3,(H,13,14). The quantitative estimate of drug-likeness (QED) is 0.857. The largest absolute Gasteiger partial charge is 0.481 e. The van der Waals surface area contributed by atoms with Gasteiger partial charge in [-0.25, -0.2) is 0 Å². The molecule has 0 aromatic carbocycles. The van der Waals surface area contributed by atoms with E-state index in [0.29, 0.717) is 12.6 Å². The number of likely N-dealkylation sites (tertiary alicyclic amines) is 1. The van der Waals surface area contributed by atoms with Crippen molar-refractivity contribution in [3.63, 3.8) is 0 Å². The van der Waals surface area contributed by atoms with E-state index in [0.717, 1.165) is 13.0 Å². The van der Waals surface area contributed by atoms with Crippen molar-refractivity contribution < 1.29 is 9.90 Å². The monoisotopic (exact) mass is 225 g/mol. The molecule has 0 spiro atoms. The Hall–Kier alpha value is -0.870. The highest BCUT2D eigenvalue weighted by Gasteiger charge is 2.31. The Kier molecular flexibility index (Phi) is 3.07. The van der Waals surface area contributed by atoms with Gasteiger partial charge in [-0.15, -0.1) is 11.3 Å². The molecular weight excluding hydrogens is 210 g/mol. The molecule has 0 radical (unpaired) electrons. The van der Waals surface area contributed by atoms with Gasteiger partial charge in [-0.3, -0.25) is 9.69 Å². The predicted octanol–water partition coefficient (Wildman–Crippen LogP) is 2.22. The molecule has 3 nitrogen and oxygen atoms in total. The van der Waals surface area contributed by atoms with Crippen molar-refractivity contribution >= 4 is 17.3 Å². The first-order valence-corrected chi connectivity index (χ1v) is 6.06. The third-order valence-corrected chi connectivity index (χ3v) is 4.11. The third kappa shape index (κ3) is 2.21. The lowest BCUT2D eigenvalue weighted by Crippen LogP contribution is -2.25. The zero-order chi connectivity index (χ0) is 10.8. The molecule has 1 aromatic rings. The lowest BCUT2D eigenvalue weighted by molar-refractivity contribution is -0.141. The van der Waals surface area contributed by atoms with Crippen LogP contribution in [0.15, 0.2) is 17.5 Å². The van der Waals surface area contributed by atoms with Gasteiger partial charge in [-0.05, 0) is 31.3 Å². The van der Waals surface area contributed by atoms with E-state index < -0.39 is 5.97 Å². The highest BCUT2D eigenvalue weighted by atomic mass is 32.1. The fourth-order valence-electron chi connectivity index (χ4n) is 2.05. The number of nitrogens with zero attached hydrogens (tertiary/aromatic N) is 1. The van der Waals surface area contributed by atoms with Crippen LogP contribution in [-0.4, -0.2) is 29.1 Å². The molecular formula is C11H15NO2S. The summed E-state index contributed by atoms with van der Waals surface area (Å²) < 4.78 is 0. The number of rotatable bonds is 3. The highest BCUT2D eigenvalue weighted by Crippen LogP contribution is 2.29. The molecule has 1 saturated heterocycles. The van der Waals surface area contributed by atoms with E-state index in [1.54, 1.807) is 11.3 Å². The molecule has 82 valence electrons. The molecule has 1 aromatic heterocycles.